The van der Waals surface area contributed by atoms with Crippen molar-refractivity contribution in [1.82, 2.24) is 14.7 Å². The number of benzene rings is 1. The molecule has 0 aliphatic carbocycles. The Bertz CT molecular complexity index is 648. The van der Waals surface area contributed by atoms with Crippen LogP contribution < -0.4 is 0 Å². The predicted molar refractivity (Wildman–Crippen MR) is 101 cm³/mol. The van der Waals surface area contributed by atoms with Crippen molar-refractivity contribution >= 4 is 29.1 Å². The second-order valence-electron chi connectivity index (χ2n) is 7.48. The fourth-order valence-corrected chi connectivity index (χ4v) is 4.96. The standard InChI is InChI=1S/C19H25Cl2N3O/c20-15-4-3-14(11-16(15)21)12-19(25)24-10-9-22-8-5-17(18(24)13-22)23-6-1-2-7-23/h3-4,11,17-18H,1-2,5-10,12-13H2/t17-,18-/m0/s1. The highest BCUT2D eigenvalue weighted by atomic mass is 35.5. The van der Waals surface area contributed by atoms with Crippen molar-refractivity contribution in [2.24, 2.45) is 0 Å². The van der Waals surface area contributed by atoms with Gasteiger partial charge >= 0.3 is 0 Å². The van der Waals surface area contributed by atoms with E-state index in [0.717, 1.165) is 25.2 Å². The van der Waals surface area contributed by atoms with E-state index in [1.54, 1.807) is 6.07 Å². The van der Waals surface area contributed by atoms with Gasteiger partial charge in [-0.2, -0.15) is 0 Å². The van der Waals surface area contributed by atoms with Crippen LogP contribution in [0.1, 0.15) is 24.8 Å². The van der Waals surface area contributed by atoms with Crippen LogP contribution in [0.4, 0.5) is 0 Å². The number of carbonyl (C=O) groups is 1. The van der Waals surface area contributed by atoms with Crippen LogP contribution in [0.15, 0.2) is 18.2 Å². The summed E-state index contributed by atoms with van der Waals surface area (Å²) in [6.45, 7) is 6.41. The Kier molecular flexibility index (Phi) is 5.23. The molecule has 3 saturated heterocycles. The molecular formula is C19H25Cl2N3O. The molecule has 0 aromatic heterocycles. The van der Waals surface area contributed by atoms with Gasteiger partial charge in [-0.1, -0.05) is 29.3 Å². The minimum Gasteiger partial charge on any atom is -0.335 e. The first-order valence-corrected chi connectivity index (χ1v) is 10.1. The lowest BCUT2D eigenvalue weighted by Gasteiger charge is -2.51. The number of hydrogen-bond acceptors (Lipinski definition) is 3. The van der Waals surface area contributed by atoms with Gasteiger partial charge in [0.2, 0.25) is 5.91 Å². The molecule has 1 aromatic rings. The fourth-order valence-electron chi connectivity index (χ4n) is 4.64. The molecule has 3 aliphatic heterocycles. The first-order valence-electron chi connectivity index (χ1n) is 9.31. The molecule has 4 rings (SSSR count). The quantitative estimate of drug-likeness (QED) is 0.805. The van der Waals surface area contributed by atoms with Gasteiger partial charge in [-0.3, -0.25) is 14.6 Å². The molecule has 0 N–H and O–H groups in total. The van der Waals surface area contributed by atoms with E-state index in [1.807, 2.05) is 12.1 Å². The first-order chi connectivity index (χ1) is 12.1. The molecule has 25 heavy (non-hydrogen) atoms. The number of nitrogens with zero attached hydrogens (tertiary/aromatic N) is 3. The summed E-state index contributed by atoms with van der Waals surface area (Å²) in [6.07, 6.45) is 4.18. The minimum absolute atomic E-state index is 0.217. The second-order valence-corrected chi connectivity index (χ2v) is 8.29. The zero-order chi connectivity index (χ0) is 17.4. The van der Waals surface area contributed by atoms with E-state index in [9.17, 15) is 4.79 Å². The summed E-state index contributed by atoms with van der Waals surface area (Å²) in [5, 5.41) is 1.05. The van der Waals surface area contributed by atoms with Crippen LogP contribution in [0.5, 0.6) is 0 Å². The molecule has 3 heterocycles. The molecule has 3 fully saturated rings. The van der Waals surface area contributed by atoms with Crippen LogP contribution >= 0.6 is 23.2 Å². The van der Waals surface area contributed by atoms with Gasteiger partial charge in [0.05, 0.1) is 22.5 Å². The number of piperidine rings is 1. The maximum Gasteiger partial charge on any atom is 0.227 e. The molecule has 0 spiro atoms. The Balaban J connectivity index is 1.49. The van der Waals surface area contributed by atoms with Crippen molar-refractivity contribution in [3.05, 3.63) is 33.8 Å². The van der Waals surface area contributed by atoms with Gasteiger partial charge in [-0.25, -0.2) is 0 Å². The van der Waals surface area contributed by atoms with Gasteiger partial charge in [-0.05, 0) is 56.6 Å². The topological polar surface area (TPSA) is 26.8 Å². The number of piperazine rings is 1. The smallest absolute Gasteiger partial charge is 0.227 e. The number of hydrogen-bond donors (Lipinski definition) is 0. The molecule has 6 heteroatoms. The van der Waals surface area contributed by atoms with Crippen molar-refractivity contribution in [1.29, 1.82) is 0 Å². The third-order valence-electron chi connectivity index (χ3n) is 5.96. The summed E-state index contributed by atoms with van der Waals surface area (Å²) in [5.74, 6) is 0.217. The molecule has 3 aliphatic rings. The lowest BCUT2D eigenvalue weighted by atomic mass is 9.93. The highest BCUT2D eigenvalue weighted by Crippen LogP contribution is 2.28. The summed E-state index contributed by atoms with van der Waals surface area (Å²) in [5.41, 5.74) is 0.940. The van der Waals surface area contributed by atoms with Gasteiger partial charge in [0, 0.05) is 25.7 Å². The largest absolute Gasteiger partial charge is 0.335 e. The Morgan fingerprint density at radius 3 is 2.56 bits per heavy atom. The molecule has 3 atom stereocenters. The van der Waals surface area contributed by atoms with E-state index < -0.39 is 0 Å². The normalized spacial score (nSPS) is 29.8. The predicted octanol–water partition coefficient (Wildman–Crippen LogP) is 2.92. The van der Waals surface area contributed by atoms with Crippen LogP contribution in [-0.4, -0.2) is 72.0 Å². The van der Waals surface area contributed by atoms with E-state index in [0.29, 0.717) is 28.5 Å². The Labute approximate surface area is 159 Å². The molecular weight excluding hydrogens is 357 g/mol. The van der Waals surface area contributed by atoms with Gasteiger partial charge in [0.15, 0.2) is 0 Å². The zero-order valence-corrected chi connectivity index (χ0v) is 16.0. The number of carbonyl (C=O) groups excluding carboxylic acids is 1. The third kappa shape index (κ3) is 3.68. The Hall–Kier alpha value is -0.810. The van der Waals surface area contributed by atoms with E-state index in [-0.39, 0.29) is 5.91 Å². The number of halogens is 2. The number of fused-ring (bicyclic) bond motifs is 2. The molecule has 4 nitrogen and oxygen atoms in total. The average Bonchev–Trinajstić information content (AvgIpc) is 3.13. The second kappa shape index (κ2) is 7.43. The van der Waals surface area contributed by atoms with E-state index in [2.05, 4.69) is 14.7 Å². The van der Waals surface area contributed by atoms with E-state index in [4.69, 9.17) is 23.2 Å². The van der Waals surface area contributed by atoms with Gasteiger partial charge in [0.25, 0.3) is 0 Å². The van der Waals surface area contributed by atoms with Crippen molar-refractivity contribution < 1.29 is 4.79 Å². The Morgan fingerprint density at radius 2 is 1.80 bits per heavy atom. The van der Waals surface area contributed by atoms with Crippen LogP contribution in [-0.2, 0) is 11.2 Å². The first kappa shape index (κ1) is 17.6. The maximum absolute atomic E-state index is 13.0. The molecule has 136 valence electrons. The SMILES string of the molecule is O=C(Cc1ccc(Cl)c(Cl)c1)N1CCN2CC[C@H](N3CCCC3)[C@@H]1C2. The van der Waals surface area contributed by atoms with Crippen LogP contribution in [0.2, 0.25) is 10.0 Å². The molecule has 0 saturated carbocycles. The molecule has 1 unspecified atom stereocenters. The van der Waals surface area contributed by atoms with Crippen molar-refractivity contribution in [2.75, 3.05) is 39.3 Å². The average molecular weight is 382 g/mol. The summed E-state index contributed by atoms with van der Waals surface area (Å²) < 4.78 is 0. The van der Waals surface area contributed by atoms with Crippen LogP contribution in [0.3, 0.4) is 0 Å². The van der Waals surface area contributed by atoms with Crippen LogP contribution in [0, 0.1) is 0 Å². The highest BCUT2D eigenvalue weighted by Gasteiger charge is 2.41. The van der Waals surface area contributed by atoms with Gasteiger partial charge in [-0.15, -0.1) is 0 Å². The third-order valence-corrected chi connectivity index (χ3v) is 6.70. The summed E-state index contributed by atoms with van der Waals surface area (Å²) >= 11 is 12.1. The highest BCUT2D eigenvalue weighted by molar-refractivity contribution is 6.42. The van der Waals surface area contributed by atoms with Crippen molar-refractivity contribution in [3.8, 4) is 0 Å². The lowest BCUT2D eigenvalue weighted by molar-refractivity contribution is -0.139. The van der Waals surface area contributed by atoms with E-state index >= 15 is 0 Å². The zero-order valence-electron chi connectivity index (χ0n) is 14.5. The van der Waals surface area contributed by atoms with Crippen LogP contribution in [0.25, 0.3) is 0 Å². The number of rotatable bonds is 3. The molecule has 1 amide bonds. The van der Waals surface area contributed by atoms with Gasteiger partial charge < -0.3 is 4.90 Å². The van der Waals surface area contributed by atoms with Crippen molar-refractivity contribution in [2.45, 2.75) is 37.8 Å². The minimum atomic E-state index is 0.217. The summed E-state index contributed by atoms with van der Waals surface area (Å²) in [7, 11) is 0. The summed E-state index contributed by atoms with van der Waals surface area (Å²) in [4.78, 5) is 20.3. The fraction of sp³-hybridized carbons (Fsp3) is 0.632. The molecule has 2 bridgehead atoms. The van der Waals surface area contributed by atoms with Gasteiger partial charge in [0.1, 0.15) is 0 Å². The monoisotopic (exact) mass is 381 g/mol. The maximum atomic E-state index is 13.0. The molecule has 0 radical (unpaired) electrons. The summed E-state index contributed by atoms with van der Waals surface area (Å²) in [6, 6.07) is 6.35. The number of amides is 1. The Morgan fingerprint density at radius 1 is 1.00 bits per heavy atom. The lowest BCUT2D eigenvalue weighted by Crippen LogP contribution is -2.66. The number of likely N-dealkylation sites (tertiary alicyclic amines) is 1. The van der Waals surface area contributed by atoms with Crippen molar-refractivity contribution in [3.63, 3.8) is 0 Å². The molecule has 1 aromatic carbocycles. The van der Waals surface area contributed by atoms with E-state index in [1.165, 1.54) is 38.9 Å².